The van der Waals surface area contributed by atoms with Gasteiger partial charge in [0.05, 0.1) is 0 Å². The lowest BCUT2D eigenvalue weighted by Gasteiger charge is -2.03. The molecule has 1 aromatic carbocycles. The third kappa shape index (κ3) is 2.08. The highest BCUT2D eigenvalue weighted by Gasteiger charge is 2.17. The average molecular weight is 282 g/mol. The summed E-state index contributed by atoms with van der Waals surface area (Å²) in [5.74, 6) is 0. The Bertz CT molecular complexity index is 247. The van der Waals surface area contributed by atoms with Crippen molar-refractivity contribution in [2.45, 2.75) is 0 Å². The molecule has 0 heterocycles. The van der Waals surface area contributed by atoms with Crippen molar-refractivity contribution in [1.29, 1.82) is 0 Å². The van der Waals surface area contributed by atoms with Crippen LogP contribution in [0.2, 0.25) is 5.02 Å². The normalized spacial score (nSPS) is 9.82. The third-order valence-electron chi connectivity index (χ3n) is 1.26. The van der Waals surface area contributed by atoms with Crippen molar-refractivity contribution in [3.8, 4) is 0 Å². The van der Waals surface area contributed by atoms with Crippen molar-refractivity contribution in [3.63, 3.8) is 0 Å². The van der Waals surface area contributed by atoms with Crippen LogP contribution in [0.4, 0.5) is 0 Å². The first-order valence-electron chi connectivity index (χ1n) is 2.93. The van der Waals surface area contributed by atoms with E-state index in [1.165, 1.54) is 0 Å². The average Bonchev–Trinajstić information content (AvgIpc) is 1.85. The Hall–Kier alpha value is 0.225. The molecule has 0 aliphatic heterocycles. The van der Waals surface area contributed by atoms with Crippen LogP contribution in [0, 0.1) is 3.57 Å². The Morgan fingerprint density at radius 3 is 2.36 bits per heavy atom. The summed E-state index contributed by atoms with van der Waals surface area (Å²) in [6.45, 7) is 0. The molecule has 0 spiro atoms. The lowest BCUT2D eigenvalue weighted by molar-refractivity contribution is 0.425. The van der Waals surface area contributed by atoms with E-state index < -0.39 is 7.12 Å². The number of benzene rings is 1. The molecular formula is C6H5BClIO2. The molecule has 0 aliphatic rings. The van der Waals surface area contributed by atoms with E-state index in [9.17, 15) is 0 Å². The Kier molecular flexibility index (Phi) is 3.18. The molecule has 0 aromatic heterocycles. The van der Waals surface area contributed by atoms with Gasteiger partial charge in [-0.15, -0.1) is 0 Å². The maximum Gasteiger partial charge on any atom is 0.491 e. The first-order valence-corrected chi connectivity index (χ1v) is 4.38. The van der Waals surface area contributed by atoms with Crippen LogP contribution in [0.5, 0.6) is 0 Å². The molecule has 2 nitrogen and oxygen atoms in total. The smallest absolute Gasteiger partial charge is 0.423 e. The minimum absolute atomic E-state index is 0.370. The van der Waals surface area contributed by atoms with Gasteiger partial charge in [0.15, 0.2) is 0 Å². The van der Waals surface area contributed by atoms with Crippen LogP contribution in [-0.4, -0.2) is 17.2 Å². The zero-order valence-electron chi connectivity index (χ0n) is 5.46. The van der Waals surface area contributed by atoms with Crippen molar-refractivity contribution in [2.24, 2.45) is 0 Å². The van der Waals surface area contributed by atoms with Gasteiger partial charge in [0.2, 0.25) is 0 Å². The first kappa shape index (κ1) is 9.31. The van der Waals surface area contributed by atoms with Gasteiger partial charge in [0.1, 0.15) is 0 Å². The van der Waals surface area contributed by atoms with Gasteiger partial charge < -0.3 is 10.0 Å². The largest absolute Gasteiger partial charge is 0.491 e. The van der Waals surface area contributed by atoms with Crippen molar-refractivity contribution in [3.05, 3.63) is 26.8 Å². The highest BCUT2D eigenvalue weighted by molar-refractivity contribution is 14.1. The predicted octanol–water partition coefficient (Wildman–Crippen LogP) is 0.624. The van der Waals surface area contributed by atoms with Crippen molar-refractivity contribution in [2.75, 3.05) is 0 Å². The van der Waals surface area contributed by atoms with Crippen LogP contribution >= 0.6 is 34.2 Å². The van der Waals surface area contributed by atoms with E-state index in [-0.39, 0.29) is 0 Å². The zero-order valence-corrected chi connectivity index (χ0v) is 8.37. The number of halogens is 2. The van der Waals surface area contributed by atoms with Gasteiger partial charge in [-0.05, 0) is 34.7 Å². The second-order valence-electron chi connectivity index (χ2n) is 2.01. The van der Waals surface area contributed by atoms with E-state index in [2.05, 4.69) is 0 Å². The van der Waals surface area contributed by atoms with E-state index in [1.54, 1.807) is 18.2 Å². The first-order chi connectivity index (χ1) is 5.13. The fourth-order valence-electron chi connectivity index (χ4n) is 0.757. The van der Waals surface area contributed by atoms with Crippen LogP contribution in [0.3, 0.4) is 0 Å². The van der Waals surface area contributed by atoms with Crippen molar-refractivity contribution < 1.29 is 10.0 Å². The minimum atomic E-state index is -1.49. The molecule has 0 bridgehead atoms. The van der Waals surface area contributed by atoms with Gasteiger partial charge in [0.25, 0.3) is 0 Å². The highest BCUT2D eigenvalue weighted by Crippen LogP contribution is 2.10. The summed E-state index contributed by atoms with van der Waals surface area (Å²) in [7, 11) is -1.49. The molecule has 11 heavy (non-hydrogen) atoms. The molecule has 1 rings (SSSR count). The van der Waals surface area contributed by atoms with Gasteiger partial charge in [-0.1, -0.05) is 17.7 Å². The molecule has 1 aromatic rings. The molecular weight excluding hydrogens is 277 g/mol. The maximum atomic E-state index is 8.85. The molecule has 0 fully saturated rings. The Labute approximate surface area is 83.5 Å². The molecule has 0 radical (unpaired) electrons. The molecule has 0 saturated carbocycles. The fraction of sp³-hybridized carbons (Fsp3) is 0. The minimum Gasteiger partial charge on any atom is -0.423 e. The summed E-state index contributed by atoms with van der Waals surface area (Å²) < 4.78 is 0.755. The standard InChI is InChI=1S/C6H5BClIO2/c8-4-2-1-3-5(9)6(4)7(10)11/h1-3,10-11H. The highest BCUT2D eigenvalue weighted by atomic mass is 127. The van der Waals surface area contributed by atoms with Crippen LogP contribution in [0.1, 0.15) is 0 Å². The maximum absolute atomic E-state index is 8.85. The van der Waals surface area contributed by atoms with E-state index in [1.807, 2.05) is 22.6 Å². The lowest BCUT2D eigenvalue weighted by Crippen LogP contribution is -2.33. The molecule has 0 unspecified atom stereocenters. The summed E-state index contributed by atoms with van der Waals surface area (Å²) in [5, 5.41) is 18.1. The van der Waals surface area contributed by atoms with Crippen molar-refractivity contribution in [1.82, 2.24) is 0 Å². The molecule has 0 atom stereocenters. The molecule has 0 saturated heterocycles. The quantitative estimate of drug-likeness (QED) is 0.586. The van der Waals surface area contributed by atoms with Gasteiger partial charge in [-0.2, -0.15) is 0 Å². The van der Waals surface area contributed by atoms with E-state index in [4.69, 9.17) is 21.6 Å². The Morgan fingerprint density at radius 1 is 1.36 bits per heavy atom. The SMILES string of the molecule is OB(O)c1c(Cl)cccc1I. The van der Waals surface area contributed by atoms with E-state index >= 15 is 0 Å². The summed E-state index contributed by atoms with van der Waals surface area (Å²) >= 11 is 7.70. The van der Waals surface area contributed by atoms with Gasteiger partial charge in [-0.25, -0.2) is 0 Å². The fourth-order valence-corrected chi connectivity index (χ4v) is 1.97. The summed E-state index contributed by atoms with van der Waals surface area (Å²) in [6.07, 6.45) is 0. The van der Waals surface area contributed by atoms with Gasteiger partial charge >= 0.3 is 7.12 Å². The van der Waals surface area contributed by atoms with Crippen LogP contribution in [0.15, 0.2) is 18.2 Å². The topological polar surface area (TPSA) is 40.5 Å². The second kappa shape index (κ2) is 3.75. The Balaban J connectivity index is 3.21. The van der Waals surface area contributed by atoms with Crippen LogP contribution < -0.4 is 5.46 Å². The molecule has 58 valence electrons. The molecule has 2 N–H and O–H groups in total. The molecule has 0 amide bonds. The van der Waals surface area contributed by atoms with Gasteiger partial charge in [0, 0.05) is 14.1 Å². The summed E-state index contributed by atoms with van der Waals surface area (Å²) in [4.78, 5) is 0. The number of rotatable bonds is 1. The second-order valence-corrected chi connectivity index (χ2v) is 3.58. The third-order valence-corrected chi connectivity index (χ3v) is 2.53. The molecule has 0 aliphatic carbocycles. The monoisotopic (exact) mass is 282 g/mol. The van der Waals surface area contributed by atoms with Crippen LogP contribution in [0.25, 0.3) is 0 Å². The summed E-state index contributed by atoms with van der Waals surface area (Å²) in [6, 6.07) is 5.15. The van der Waals surface area contributed by atoms with Crippen LogP contribution in [-0.2, 0) is 0 Å². The lowest BCUT2D eigenvalue weighted by atomic mass is 9.80. The van der Waals surface area contributed by atoms with Gasteiger partial charge in [-0.3, -0.25) is 0 Å². The van der Waals surface area contributed by atoms with Crippen molar-refractivity contribution >= 4 is 46.8 Å². The Morgan fingerprint density at radius 2 is 2.00 bits per heavy atom. The van der Waals surface area contributed by atoms with E-state index in [0.29, 0.717) is 10.5 Å². The number of hydrogen-bond acceptors (Lipinski definition) is 2. The number of hydrogen-bond donors (Lipinski definition) is 2. The summed E-state index contributed by atoms with van der Waals surface area (Å²) in [5.41, 5.74) is 0.370. The molecule has 5 heteroatoms. The predicted molar refractivity (Wildman–Crippen MR) is 54.0 cm³/mol. The zero-order chi connectivity index (χ0) is 8.43. The van der Waals surface area contributed by atoms with E-state index in [0.717, 1.165) is 3.57 Å².